The van der Waals surface area contributed by atoms with Crippen LogP contribution in [0, 0.1) is 5.41 Å². The van der Waals surface area contributed by atoms with Gasteiger partial charge in [0.25, 0.3) is 5.91 Å². The van der Waals surface area contributed by atoms with E-state index in [2.05, 4.69) is 4.74 Å². The van der Waals surface area contributed by atoms with E-state index in [1.165, 1.54) is 12.0 Å². The third-order valence-corrected chi connectivity index (χ3v) is 3.06. The zero-order valence-corrected chi connectivity index (χ0v) is 10.9. The van der Waals surface area contributed by atoms with Gasteiger partial charge in [0.05, 0.1) is 7.11 Å². The number of likely N-dealkylation sites (tertiary alicyclic amines) is 1. The van der Waals surface area contributed by atoms with Crippen LogP contribution in [0.15, 0.2) is 0 Å². The van der Waals surface area contributed by atoms with Gasteiger partial charge in [-0.05, 0) is 18.3 Å². The average molecular weight is 243 g/mol. The molecule has 2 atom stereocenters. The van der Waals surface area contributed by atoms with Crippen molar-refractivity contribution < 1.29 is 19.4 Å². The molecule has 0 radical (unpaired) electrons. The zero-order chi connectivity index (χ0) is 13.2. The van der Waals surface area contributed by atoms with Crippen LogP contribution >= 0.6 is 0 Å². The van der Waals surface area contributed by atoms with E-state index < -0.39 is 23.5 Å². The lowest BCUT2D eigenvalue weighted by molar-refractivity contribution is -0.156. The molecule has 0 aromatic carbocycles. The van der Waals surface area contributed by atoms with Crippen molar-refractivity contribution in [2.45, 2.75) is 45.8 Å². The summed E-state index contributed by atoms with van der Waals surface area (Å²) >= 11 is 0. The predicted octanol–water partition coefficient (Wildman–Crippen LogP) is 0.557. The first-order valence-electron chi connectivity index (χ1n) is 5.85. The molecule has 1 N–H and O–H groups in total. The summed E-state index contributed by atoms with van der Waals surface area (Å²) in [6.07, 6.45) is 0.283. The van der Waals surface area contributed by atoms with E-state index in [1.807, 2.05) is 0 Å². The van der Waals surface area contributed by atoms with Gasteiger partial charge in [0, 0.05) is 6.54 Å². The number of ether oxygens (including phenoxy) is 1. The van der Waals surface area contributed by atoms with Crippen molar-refractivity contribution in [1.82, 2.24) is 4.90 Å². The number of nitrogens with zero attached hydrogens (tertiary/aromatic N) is 1. The Labute approximate surface area is 102 Å². The number of hydrogen-bond acceptors (Lipinski definition) is 4. The van der Waals surface area contributed by atoms with E-state index in [0.29, 0.717) is 13.0 Å². The van der Waals surface area contributed by atoms with Crippen molar-refractivity contribution >= 4 is 11.9 Å². The van der Waals surface area contributed by atoms with Crippen LogP contribution in [0.4, 0.5) is 0 Å². The van der Waals surface area contributed by atoms with Gasteiger partial charge in [-0.1, -0.05) is 20.8 Å². The number of aliphatic hydroxyl groups is 1. The number of aliphatic hydroxyl groups excluding tert-OH is 1. The second-order valence-electron chi connectivity index (χ2n) is 5.48. The topological polar surface area (TPSA) is 66.8 Å². The maximum absolute atomic E-state index is 12.1. The predicted molar refractivity (Wildman–Crippen MR) is 62.2 cm³/mol. The first kappa shape index (κ1) is 14.0. The summed E-state index contributed by atoms with van der Waals surface area (Å²) in [5.41, 5.74) is -0.527. The number of carbonyl (C=O) groups is 2. The lowest BCUT2D eigenvalue weighted by Crippen LogP contribution is -2.49. The highest BCUT2D eigenvalue weighted by atomic mass is 16.5. The molecular weight excluding hydrogens is 222 g/mol. The van der Waals surface area contributed by atoms with Crippen LogP contribution in [-0.4, -0.2) is 47.7 Å². The van der Waals surface area contributed by atoms with Gasteiger partial charge in [0.1, 0.15) is 12.1 Å². The Morgan fingerprint density at radius 3 is 2.47 bits per heavy atom. The monoisotopic (exact) mass is 243 g/mol. The molecule has 1 amide bonds. The average Bonchev–Trinajstić information content (AvgIpc) is 2.73. The molecule has 1 fully saturated rings. The van der Waals surface area contributed by atoms with Crippen molar-refractivity contribution in [2.75, 3.05) is 13.7 Å². The second-order valence-corrected chi connectivity index (χ2v) is 5.48. The normalized spacial score (nSPS) is 22.4. The molecule has 0 aromatic rings. The van der Waals surface area contributed by atoms with Gasteiger partial charge in [0.2, 0.25) is 0 Å². The van der Waals surface area contributed by atoms with Crippen molar-refractivity contribution in [1.29, 1.82) is 0 Å². The standard InChI is InChI=1S/C12H21NO4/c1-12(2,3)9(14)10(15)13-7-5-6-8(13)11(16)17-4/h8-9,14H,5-7H2,1-4H3/t8-,9-/m0/s1. The van der Waals surface area contributed by atoms with Crippen LogP contribution in [0.3, 0.4) is 0 Å². The number of hydrogen-bond donors (Lipinski definition) is 1. The molecule has 5 heteroatoms. The van der Waals surface area contributed by atoms with E-state index in [9.17, 15) is 14.7 Å². The van der Waals surface area contributed by atoms with Crippen LogP contribution in [0.2, 0.25) is 0 Å². The summed E-state index contributed by atoms with van der Waals surface area (Å²) in [7, 11) is 1.31. The number of rotatable bonds is 2. The first-order valence-corrected chi connectivity index (χ1v) is 5.85. The maximum Gasteiger partial charge on any atom is 0.328 e. The molecule has 0 aliphatic carbocycles. The molecule has 17 heavy (non-hydrogen) atoms. The van der Waals surface area contributed by atoms with Gasteiger partial charge in [-0.3, -0.25) is 4.79 Å². The van der Waals surface area contributed by atoms with E-state index >= 15 is 0 Å². The molecule has 98 valence electrons. The van der Waals surface area contributed by atoms with Gasteiger partial charge < -0.3 is 14.7 Å². The van der Waals surface area contributed by atoms with Crippen LogP contribution in [0.25, 0.3) is 0 Å². The lowest BCUT2D eigenvalue weighted by atomic mass is 9.88. The van der Waals surface area contributed by atoms with E-state index in [0.717, 1.165) is 6.42 Å². The summed E-state index contributed by atoms with van der Waals surface area (Å²) in [6, 6.07) is -0.538. The van der Waals surface area contributed by atoms with Gasteiger partial charge in [-0.25, -0.2) is 4.79 Å². The van der Waals surface area contributed by atoms with Crippen molar-refractivity contribution in [2.24, 2.45) is 5.41 Å². The van der Waals surface area contributed by atoms with Crippen molar-refractivity contribution in [3.05, 3.63) is 0 Å². The molecule has 1 aliphatic heterocycles. The number of amides is 1. The summed E-state index contributed by atoms with van der Waals surface area (Å²) in [4.78, 5) is 25.0. The Bertz CT molecular complexity index is 308. The lowest BCUT2D eigenvalue weighted by Gasteiger charge is -2.31. The van der Waals surface area contributed by atoms with Gasteiger partial charge in [0.15, 0.2) is 0 Å². The summed E-state index contributed by atoms with van der Waals surface area (Å²) in [5, 5.41) is 9.94. The molecule has 0 unspecified atom stereocenters. The van der Waals surface area contributed by atoms with Crippen LogP contribution in [0.1, 0.15) is 33.6 Å². The first-order chi connectivity index (χ1) is 7.79. The SMILES string of the molecule is COC(=O)[C@@H]1CCCN1C(=O)[C@H](O)C(C)(C)C. The fraction of sp³-hybridized carbons (Fsp3) is 0.833. The third-order valence-electron chi connectivity index (χ3n) is 3.06. The fourth-order valence-electron chi connectivity index (χ4n) is 1.94. The van der Waals surface area contributed by atoms with Crippen LogP contribution in [0.5, 0.6) is 0 Å². The fourth-order valence-corrected chi connectivity index (χ4v) is 1.94. The second kappa shape index (κ2) is 5.04. The van der Waals surface area contributed by atoms with E-state index in [1.54, 1.807) is 20.8 Å². The molecule has 5 nitrogen and oxygen atoms in total. The minimum Gasteiger partial charge on any atom is -0.467 e. The van der Waals surface area contributed by atoms with Gasteiger partial charge >= 0.3 is 5.97 Å². The Hall–Kier alpha value is -1.10. The molecule has 0 bridgehead atoms. The molecule has 0 saturated carbocycles. The Kier molecular flexibility index (Phi) is 4.14. The molecule has 0 spiro atoms. The molecule has 1 rings (SSSR count). The Balaban J connectivity index is 2.78. The summed E-state index contributed by atoms with van der Waals surface area (Å²) < 4.78 is 4.67. The van der Waals surface area contributed by atoms with Crippen LogP contribution < -0.4 is 0 Å². The molecule has 0 aromatic heterocycles. The maximum atomic E-state index is 12.1. The number of methoxy groups -OCH3 is 1. The van der Waals surface area contributed by atoms with Crippen molar-refractivity contribution in [3.8, 4) is 0 Å². The highest BCUT2D eigenvalue weighted by Gasteiger charge is 2.40. The molecule has 1 saturated heterocycles. The number of carbonyl (C=O) groups excluding carboxylic acids is 2. The zero-order valence-electron chi connectivity index (χ0n) is 10.9. The quantitative estimate of drug-likeness (QED) is 0.719. The van der Waals surface area contributed by atoms with Gasteiger partial charge in [-0.2, -0.15) is 0 Å². The van der Waals surface area contributed by atoms with E-state index in [4.69, 9.17) is 0 Å². The largest absolute Gasteiger partial charge is 0.467 e. The third kappa shape index (κ3) is 2.97. The van der Waals surface area contributed by atoms with Crippen LogP contribution in [-0.2, 0) is 14.3 Å². The smallest absolute Gasteiger partial charge is 0.328 e. The number of esters is 1. The van der Waals surface area contributed by atoms with Crippen molar-refractivity contribution in [3.63, 3.8) is 0 Å². The Morgan fingerprint density at radius 1 is 1.41 bits per heavy atom. The highest BCUT2D eigenvalue weighted by Crippen LogP contribution is 2.25. The molecule has 1 heterocycles. The Morgan fingerprint density at radius 2 is 2.00 bits per heavy atom. The molecule has 1 aliphatic rings. The summed E-state index contributed by atoms with van der Waals surface area (Å²) in [5.74, 6) is -0.789. The highest BCUT2D eigenvalue weighted by molar-refractivity contribution is 5.87. The minimum absolute atomic E-state index is 0.384. The molecular formula is C12H21NO4. The van der Waals surface area contributed by atoms with E-state index in [-0.39, 0.29) is 5.91 Å². The minimum atomic E-state index is -1.09. The summed E-state index contributed by atoms with van der Waals surface area (Å²) in [6.45, 7) is 5.88. The van der Waals surface area contributed by atoms with Gasteiger partial charge in [-0.15, -0.1) is 0 Å².